The Balaban J connectivity index is 2.31. The van der Waals surface area contributed by atoms with Crippen LogP contribution in [-0.4, -0.2) is 24.8 Å². The third kappa shape index (κ3) is 3.38. The van der Waals surface area contributed by atoms with Crippen LogP contribution in [0.25, 0.3) is 16.6 Å². The highest BCUT2D eigenvalue weighted by Gasteiger charge is 2.30. The number of alkyl halides is 3. The number of fused-ring (bicyclic) bond motifs is 1. The first-order chi connectivity index (χ1) is 12.8. The molecule has 0 aliphatic heterocycles. The molecule has 0 saturated heterocycles. The van der Waals surface area contributed by atoms with Crippen molar-refractivity contribution in [3.05, 3.63) is 70.0 Å². The summed E-state index contributed by atoms with van der Waals surface area (Å²) >= 11 is 0. The zero-order valence-electron chi connectivity index (χ0n) is 14.3. The summed E-state index contributed by atoms with van der Waals surface area (Å²) in [6.45, 7) is 0. The predicted octanol–water partition coefficient (Wildman–Crippen LogP) is 3.80. The van der Waals surface area contributed by atoms with Gasteiger partial charge in [0.25, 0.3) is 0 Å². The molecule has 3 rings (SSSR count). The lowest BCUT2D eigenvalue weighted by Gasteiger charge is -2.15. The van der Waals surface area contributed by atoms with Gasteiger partial charge in [-0.3, -0.25) is 4.79 Å². The molecular formula is C19H14F3NO4. The maximum absolute atomic E-state index is 12.8. The lowest BCUT2D eigenvalue weighted by atomic mass is 10.1. The van der Waals surface area contributed by atoms with Gasteiger partial charge < -0.3 is 14.0 Å². The van der Waals surface area contributed by atoms with Crippen molar-refractivity contribution >= 4 is 16.9 Å². The maximum atomic E-state index is 12.8. The maximum Gasteiger partial charge on any atom is 0.416 e. The highest BCUT2D eigenvalue weighted by atomic mass is 19.4. The van der Waals surface area contributed by atoms with Crippen molar-refractivity contribution in [2.45, 2.75) is 6.18 Å². The van der Waals surface area contributed by atoms with Gasteiger partial charge in [-0.25, -0.2) is 4.79 Å². The molecule has 8 heteroatoms. The normalized spacial score (nSPS) is 11.4. The molecule has 0 amide bonds. The van der Waals surface area contributed by atoms with Crippen molar-refractivity contribution in [2.24, 2.45) is 0 Å². The minimum atomic E-state index is -4.47. The minimum absolute atomic E-state index is 0.207. The highest BCUT2D eigenvalue weighted by molar-refractivity contribution is 5.94. The summed E-state index contributed by atoms with van der Waals surface area (Å²) in [7, 11) is 2.59. The number of halogens is 3. The smallest absolute Gasteiger partial charge is 0.416 e. The van der Waals surface area contributed by atoms with E-state index in [1.165, 1.54) is 36.1 Å². The molecule has 0 aliphatic carbocycles. The molecule has 2 aromatic carbocycles. The topological polar surface area (TPSA) is 57.5 Å². The van der Waals surface area contributed by atoms with Gasteiger partial charge in [0, 0.05) is 23.3 Å². The fraction of sp³-hybridized carbons (Fsp3) is 0.158. The van der Waals surface area contributed by atoms with Crippen molar-refractivity contribution in [1.82, 2.24) is 4.57 Å². The molecule has 0 aliphatic rings. The highest BCUT2D eigenvalue weighted by Crippen LogP contribution is 2.30. The summed E-state index contributed by atoms with van der Waals surface area (Å²) in [5.41, 5.74) is -0.849. The first-order valence-electron chi connectivity index (χ1n) is 7.75. The summed E-state index contributed by atoms with van der Waals surface area (Å²) in [5.74, 6) is -0.383. The Labute approximate surface area is 151 Å². The van der Waals surface area contributed by atoms with E-state index in [0.29, 0.717) is 17.0 Å². The van der Waals surface area contributed by atoms with Crippen molar-refractivity contribution < 1.29 is 27.4 Å². The summed E-state index contributed by atoms with van der Waals surface area (Å²) in [6.07, 6.45) is -3.22. The van der Waals surface area contributed by atoms with Gasteiger partial charge in [0.1, 0.15) is 11.3 Å². The zero-order valence-corrected chi connectivity index (χ0v) is 14.3. The Bertz CT molecular complexity index is 1070. The minimum Gasteiger partial charge on any atom is -0.497 e. The third-order valence-electron chi connectivity index (χ3n) is 4.09. The van der Waals surface area contributed by atoms with E-state index < -0.39 is 23.1 Å². The summed E-state index contributed by atoms with van der Waals surface area (Å²) in [6, 6.07) is 8.98. The van der Waals surface area contributed by atoms with Crippen LogP contribution in [0.1, 0.15) is 15.9 Å². The van der Waals surface area contributed by atoms with Crippen molar-refractivity contribution in [3.63, 3.8) is 0 Å². The number of benzene rings is 2. The largest absolute Gasteiger partial charge is 0.497 e. The lowest BCUT2D eigenvalue weighted by Crippen LogP contribution is -2.19. The summed E-state index contributed by atoms with van der Waals surface area (Å²) in [4.78, 5) is 24.6. The fourth-order valence-electron chi connectivity index (χ4n) is 2.71. The van der Waals surface area contributed by atoms with Crippen LogP contribution in [0.15, 0.2) is 53.5 Å². The number of rotatable bonds is 3. The quantitative estimate of drug-likeness (QED) is 0.652. The number of hydrogen-bond donors (Lipinski definition) is 0. The molecule has 5 nitrogen and oxygen atoms in total. The first kappa shape index (κ1) is 18.5. The van der Waals surface area contributed by atoms with E-state index in [4.69, 9.17) is 4.74 Å². The molecule has 0 unspecified atom stereocenters. The Morgan fingerprint density at radius 2 is 1.70 bits per heavy atom. The molecule has 0 radical (unpaired) electrons. The molecule has 1 aromatic heterocycles. The predicted molar refractivity (Wildman–Crippen MR) is 92.4 cm³/mol. The van der Waals surface area contributed by atoms with Crippen LogP contribution < -0.4 is 10.2 Å². The van der Waals surface area contributed by atoms with E-state index in [9.17, 15) is 22.8 Å². The van der Waals surface area contributed by atoms with Crippen LogP contribution in [0.2, 0.25) is 0 Å². The standard InChI is InChI=1S/C19H14F3NO4/c1-26-13-7-8-14-16(9-13)23(10-15(17(14)24)18(25)27-2)12-5-3-11(4-6-12)19(20,21)22/h3-10H,1-2H3. The molecule has 0 spiro atoms. The van der Waals surface area contributed by atoms with E-state index in [1.807, 2.05) is 0 Å². The molecule has 27 heavy (non-hydrogen) atoms. The SMILES string of the molecule is COC(=O)c1cn(-c2ccc(C(F)(F)F)cc2)c2cc(OC)ccc2c1=O. The second-order valence-corrected chi connectivity index (χ2v) is 5.66. The molecule has 0 atom stereocenters. The van der Waals surface area contributed by atoms with Crippen LogP contribution in [0.3, 0.4) is 0 Å². The molecule has 0 fully saturated rings. The molecule has 3 aromatic rings. The second kappa shape index (κ2) is 6.79. The molecule has 1 heterocycles. The van der Waals surface area contributed by atoms with Gasteiger partial charge >= 0.3 is 12.1 Å². The van der Waals surface area contributed by atoms with Gasteiger partial charge in [-0.1, -0.05) is 0 Å². The third-order valence-corrected chi connectivity index (χ3v) is 4.09. The average molecular weight is 377 g/mol. The fourth-order valence-corrected chi connectivity index (χ4v) is 2.71. The number of esters is 1. The molecule has 0 bridgehead atoms. The van der Waals surface area contributed by atoms with E-state index in [0.717, 1.165) is 19.2 Å². The molecule has 0 saturated carbocycles. The molecule has 140 valence electrons. The van der Waals surface area contributed by atoms with Crippen LogP contribution in [0, 0.1) is 0 Å². The Kier molecular flexibility index (Phi) is 4.65. The van der Waals surface area contributed by atoms with Crippen molar-refractivity contribution in [3.8, 4) is 11.4 Å². The Morgan fingerprint density at radius 3 is 2.26 bits per heavy atom. The monoisotopic (exact) mass is 377 g/mol. The van der Waals surface area contributed by atoms with Gasteiger partial charge in [-0.05, 0) is 36.4 Å². The Hall–Kier alpha value is -3.29. The molecule has 0 N–H and O–H groups in total. The lowest BCUT2D eigenvalue weighted by molar-refractivity contribution is -0.137. The van der Waals surface area contributed by atoms with Crippen LogP contribution >= 0.6 is 0 Å². The number of hydrogen-bond acceptors (Lipinski definition) is 4. The van der Waals surface area contributed by atoms with Gasteiger partial charge in [-0.15, -0.1) is 0 Å². The van der Waals surface area contributed by atoms with Gasteiger partial charge in [0.2, 0.25) is 5.43 Å². The summed E-state index contributed by atoms with van der Waals surface area (Å²) < 4.78 is 49.7. The van der Waals surface area contributed by atoms with Gasteiger partial charge in [-0.2, -0.15) is 13.2 Å². The van der Waals surface area contributed by atoms with Crippen LogP contribution in [-0.2, 0) is 10.9 Å². The van der Waals surface area contributed by atoms with E-state index in [1.54, 1.807) is 12.1 Å². The van der Waals surface area contributed by atoms with Crippen LogP contribution in [0.5, 0.6) is 5.75 Å². The van der Waals surface area contributed by atoms with Gasteiger partial charge in [0.15, 0.2) is 0 Å². The second-order valence-electron chi connectivity index (χ2n) is 5.66. The van der Waals surface area contributed by atoms with E-state index in [-0.39, 0.29) is 10.9 Å². The Morgan fingerprint density at radius 1 is 1.04 bits per heavy atom. The first-order valence-corrected chi connectivity index (χ1v) is 7.75. The van der Waals surface area contributed by atoms with E-state index >= 15 is 0 Å². The molecular weight excluding hydrogens is 363 g/mol. The van der Waals surface area contributed by atoms with Crippen molar-refractivity contribution in [2.75, 3.05) is 14.2 Å². The number of methoxy groups -OCH3 is 2. The van der Waals surface area contributed by atoms with Crippen LogP contribution in [0.4, 0.5) is 13.2 Å². The number of aromatic nitrogens is 1. The number of nitrogens with zero attached hydrogens (tertiary/aromatic N) is 1. The van der Waals surface area contributed by atoms with Crippen molar-refractivity contribution in [1.29, 1.82) is 0 Å². The number of carbonyl (C=O) groups is 1. The van der Waals surface area contributed by atoms with Gasteiger partial charge in [0.05, 0.1) is 25.3 Å². The number of carbonyl (C=O) groups excluding carboxylic acids is 1. The number of ether oxygens (including phenoxy) is 2. The van der Waals surface area contributed by atoms with E-state index in [2.05, 4.69) is 4.74 Å². The number of pyridine rings is 1. The zero-order chi connectivity index (χ0) is 19.8. The average Bonchev–Trinajstić information content (AvgIpc) is 2.67. The summed E-state index contributed by atoms with van der Waals surface area (Å²) in [5, 5.41) is 0.207.